The second-order valence-corrected chi connectivity index (χ2v) is 4.52. The molecule has 0 saturated carbocycles. The molecule has 2 aromatic rings. The Hall–Kier alpha value is -2.54. The second kappa shape index (κ2) is 5.62. The number of rotatable bonds is 3. The number of para-hydroxylation sites is 1. The van der Waals surface area contributed by atoms with Gasteiger partial charge in [0.1, 0.15) is 17.4 Å². The molecule has 0 N–H and O–H groups in total. The van der Waals surface area contributed by atoms with Gasteiger partial charge >= 0.3 is 0 Å². The maximum absolute atomic E-state index is 12.1. The van der Waals surface area contributed by atoms with Gasteiger partial charge in [-0.2, -0.15) is 5.26 Å². The van der Waals surface area contributed by atoms with Gasteiger partial charge in [0.05, 0.1) is 6.61 Å². The molecule has 20 heavy (non-hydrogen) atoms. The largest absolute Gasteiger partial charge is 0.493 e. The molecule has 0 aliphatic carbocycles. The van der Waals surface area contributed by atoms with Gasteiger partial charge in [-0.25, -0.2) is 0 Å². The topological polar surface area (TPSA) is 55.0 Å². The molecule has 0 spiro atoms. The van der Waals surface area contributed by atoms with E-state index in [1.807, 2.05) is 44.2 Å². The third kappa shape index (κ3) is 2.30. The summed E-state index contributed by atoms with van der Waals surface area (Å²) in [6.45, 7) is 4.32. The van der Waals surface area contributed by atoms with Crippen LogP contribution in [0.25, 0.3) is 11.1 Å². The Labute approximate surface area is 117 Å². The molecule has 1 aromatic carbocycles. The van der Waals surface area contributed by atoms with E-state index in [-0.39, 0.29) is 11.1 Å². The lowest BCUT2D eigenvalue weighted by atomic mass is 9.97. The third-order valence-electron chi connectivity index (χ3n) is 3.13. The van der Waals surface area contributed by atoms with Crippen molar-refractivity contribution >= 4 is 0 Å². The molecule has 0 saturated heterocycles. The van der Waals surface area contributed by atoms with E-state index in [1.54, 1.807) is 13.2 Å². The van der Waals surface area contributed by atoms with Crippen molar-refractivity contribution in [1.82, 2.24) is 4.57 Å². The highest BCUT2D eigenvalue weighted by Gasteiger charge is 2.17. The van der Waals surface area contributed by atoms with Crippen LogP contribution in [0.4, 0.5) is 0 Å². The van der Waals surface area contributed by atoms with Crippen LogP contribution < -0.4 is 10.3 Å². The van der Waals surface area contributed by atoms with Gasteiger partial charge in [-0.3, -0.25) is 4.79 Å². The van der Waals surface area contributed by atoms with Gasteiger partial charge in [-0.05, 0) is 25.5 Å². The number of hydrogen-bond donors (Lipinski definition) is 0. The van der Waals surface area contributed by atoms with E-state index in [1.165, 1.54) is 4.57 Å². The van der Waals surface area contributed by atoms with E-state index < -0.39 is 0 Å². The molecule has 102 valence electrons. The van der Waals surface area contributed by atoms with Crippen LogP contribution in [0.3, 0.4) is 0 Å². The van der Waals surface area contributed by atoms with E-state index in [0.717, 1.165) is 11.1 Å². The third-order valence-corrected chi connectivity index (χ3v) is 3.13. The minimum Gasteiger partial charge on any atom is -0.493 e. The fraction of sp³-hybridized carbons (Fsp3) is 0.250. The van der Waals surface area contributed by atoms with Crippen LogP contribution in [-0.2, 0) is 7.05 Å². The summed E-state index contributed by atoms with van der Waals surface area (Å²) in [5, 5.41) is 9.33. The first-order valence-corrected chi connectivity index (χ1v) is 6.42. The fourth-order valence-corrected chi connectivity index (χ4v) is 2.30. The van der Waals surface area contributed by atoms with E-state index in [4.69, 9.17) is 4.74 Å². The van der Waals surface area contributed by atoms with Gasteiger partial charge in [0.15, 0.2) is 0 Å². The molecule has 0 aliphatic heterocycles. The molecule has 4 nitrogen and oxygen atoms in total. The molecule has 0 unspecified atom stereocenters. The Morgan fingerprint density at radius 1 is 1.35 bits per heavy atom. The predicted octanol–water partition coefficient (Wildman–Crippen LogP) is 2.63. The van der Waals surface area contributed by atoms with Crippen molar-refractivity contribution in [3.8, 4) is 22.9 Å². The van der Waals surface area contributed by atoms with Crippen molar-refractivity contribution in [2.24, 2.45) is 7.05 Å². The fourth-order valence-electron chi connectivity index (χ4n) is 2.30. The summed E-state index contributed by atoms with van der Waals surface area (Å²) in [4.78, 5) is 12.1. The monoisotopic (exact) mass is 268 g/mol. The molecule has 0 amide bonds. The maximum Gasteiger partial charge on any atom is 0.268 e. The molecule has 0 atom stereocenters. The van der Waals surface area contributed by atoms with Crippen LogP contribution in [-0.4, -0.2) is 11.2 Å². The zero-order chi connectivity index (χ0) is 14.7. The van der Waals surface area contributed by atoms with Crippen LogP contribution in [0, 0.1) is 18.3 Å². The molecule has 0 bridgehead atoms. The highest BCUT2D eigenvalue weighted by atomic mass is 16.5. The number of nitrogens with zero attached hydrogens (tertiary/aromatic N) is 2. The molecule has 0 aliphatic rings. The Kier molecular flexibility index (Phi) is 3.90. The first-order chi connectivity index (χ1) is 9.60. The lowest BCUT2D eigenvalue weighted by Gasteiger charge is -2.14. The molecule has 0 radical (unpaired) electrons. The second-order valence-electron chi connectivity index (χ2n) is 4.52. The summed E-state index contributed by atoms with van der Waals surface area (Å²) < 4.78 is 7.03. The molecular weight excluding hydrogens is 252 g/mol. The lowest BCUT2D eigenvalue weighted by Crippen LogP contribution is -2.21. The Morgan fingerprint density at radius 3 is 2.70 bits per heavy atom. The van der Waals surface area contributed by atoms with E-state index >= 15 is 0 Å². The van der Waals surface area contributed by atoms with Crippen LogP contribution in [0.15, 0.2) is 35.3 Å². The Bertz CT molecular complexity index is 739. The van der Waals surface area contributed by atoms with E-state index in [0.29, 0.717) is 17.9 Å². The maximum atomic E-state index is 12.1. The smallest absolute Gasteiger partial charge is 0.268 e. The normalized spacial score (nSPS) is 10.1. The van der Waals surface area contributed by atoms with Crippen molar-refractivity contribution in [2.75, 3.05) is 6.61 Å². The number of pyridine rings is 1. The number of aryl methyl sites for hydroxylation is 2. The number of aromatic nitrogens is 1. The number of hydrogen-bond acceptors (Lipinski definition) is 3. The SMILES string of the molecule is CCOc1ccccc1-c1c(C)cn(C)c(=O)c1C#N. The molecule has 4 heteroatoms. The minimum atomic E-state index is -0.292. The van der Waals surface area contributed by atoms with Crippen LogP contribution >= 0.6 is 0 Å². The highest BCUT2D eigenvalue weighted by molar-refractivity contribution is 5.77. The zero-order valence-electron chi connectivity index (χ0n) is 11.8. The van der Waals surface area contributed by atoms with Gasteiger partial charge in [-0.1, -0.05) is 18.2 Å². The van der Waals surface area contributed by atoms with E-state index in [9.17, 15) is 10.1 Å². The van der Waals surface area contributed by atoms with Gasteiger partial charge in [0, 0.05) is 24.4 Å². The Balaban J connectivity index is 2.81. The average Bonchev–Trinajstić information content (AvgIpc) is 2.44. The van der Waals surface area contributed by atoms with Crippen LogP contribution in [0.1, 0.15) is 18.1 Å². The van der Waals surface area contributed by atoms with Crippen molar-refractivity contribution in [1.29, 1.82) is 5.26 Å². The number of nitriles is 1. The Morgan fingerprint density at radius 2 is 2.05 bits per heavy atom. The molecular formula is C16H16N2O2. The van der Waals surface area contributed by atoms with Crippen LogP contribution in [0.5, 0.6) is 5.75 Å². The minimum absolute atomic E-state index is 0.152. The average molecular weight is 268 g/mol. The van der Waals surface area contributed by atoms with Crippen LogP contribution in [0.2, 0.25) is 0 Å². The molecule has 0 fully saturated rings. The first kappa shape index (κ1) is 13.9. The quantitative estimate of drug-likeness (QED) is 0.859. The van der Waals surface area contributed by atoms with E-state index in [2.05, 4.69) is 0 Å². The summed E-state index contributed by atoms with van der Waals surface area (Å²) in [6, 6.07) is 9.48. The summed E-state index contributed by atoms with van der Waals surface area (Å²) in [6.07, 6.45) is 1.74. The van der Waals surface area contributed by atoms with Gasteiger partial charge in [0.2, 0.25) is 0 Å². The molecule has 2 rings (SSSR count). The highest BCUT2D eigenvalue weighted by Crippen LogP contribution is 2.33. The molecule has 1 aromatic heterocycles. The van der Waals surface area contributed by atoms with Gasteiger partial charge in [0.25, 0.3) is 5.56 Å². The first-order valence-electron chi connectivity index (χ1n) is 6.42. The van der Waals surface area contributed by atoms with Crippen molar-refractivity contribution in [3.63, 3.8) is 0 Å². The van der Waals surface area contributed by atoms with Crippen molar-refractivity contribution < 1.29 is 4.74 Å². The zero-order valence-corrected chi connectivity index (χ0v) is 11.8. The van der Waals surface area contributed by atoms with Gasteiger partial charge in [-0.15, -0.1) is 0 Å². The van der Waals surface area contributed by atoms with Crippen molar-refractivity contribution in [2.45, 2.75) is 13.8 Å². The molecule has 1 heterocycles. The summed E-state index contributed by atoms with van der Waals surface area (Å²) in [5.41, 5.74) is 2.16. The number of benzene rings is 1. The summed E-state index contributed by atoms with van der Waals surface area (Å²) >= 11 is 0. The standard InChI is InChI=1S/C16H16N2O2/c1-4-20-14-8-6-5-7-12(14)15-11(2)10-18(3)16(19)13(15)9-17/h5-8,10H,4H2,1-3H3. The van der Waals surface area contributed by atoms with Gasteiger partial charge < -0.3 is 9.30 Å². The van der Waals surface area contributed by atoms with Crippen molar-refractivity contribution in [3.05, 3.63) is 51.9 Å². The predicted molar refractivity (Wildman–Crippen MR) is 77.7 cm³/mol. The number of ether oxygens (including phenoxy) is 1. The summed E-state index contributed by atoms with van der Waals surface area (Å²) in [5.74, 6) is 0.683. The summed E-state index contributed by atoms with van der Waals surface area (Å²) in [7, 11) is 1.65. The lowest BCUT2D eigenvalue weighted by molar-refractivity contribution is 0.341.